The second-order valence-corrected chi connectivity index (χ2v) is 8.86. The van der Waals surface area contributed by atoms with E-state index in [0.29, 0.717) is 40.1 Å². The van der Waals surface area contributed by atoms with Crippen molar-refractivity contribution in [2.75, 3.05) is 11.5 Å². The number of hydrogen-bond donors (Lipinski definition) is 1. The molecule has 1 aliphatic heterocycles. The maximum absolute atomic E-state index is 13.8. The van der Waals surface area contributed by atoms with E-state index >= 15 is 0 Å². The Bertz CT molecular complexity index is 1520. The fraction of sp³-hybridized carbons (Fsp3) is 0.241. The van der Waals surface area contributed by atoms with Gasteiger partial charge in [-0.05, 0) is 85.8 Å². The van der Waals surface area contributed by atoms with Crippen molar-refractivity contribution in [3.8, 4) is 11.5 Å². The van der Waals surface area contributed by atoms with Gasteiger partial charge < -0.3 is 14.3 Å². The Balaban J connectivity index is 1.79. The van der Waals surface area contributed by atoms with Crippen LogP contribution in [0.3, 0.4) is 0 Å². The van der Waals surface area contributed by atoms with Crippen molar-refractivity contribution in [3.05, 3.63) is 98.4 Å². The van der Waals surface area contributed by atoms with Gasteiger partial charge in [-0.15, -0.1) is 0 Å². The quantitative estimate of drug-likeness (QED) is 0.398. The van der Waals surface area contributed by atoms with E-state index in [2.05, 4.69) is 6.92 Å². The molecule has 4 aromatic rings. The molecule has 0 saturated carbocycles. The largest absolute Gasteiger partial charge is 0.504 e. The number of benzene rings is 3. The highest BCUT2D eigenvalue weighted by molar-refractivity contribution is 6.10. The maximum Gasteiger partial charge on any atom is 0.295 e. The second kappa shape index (κ2) is 8.62. The van der Waals surface area contributed by atoms with E-state index in [9.17, 15) is 14.7 Å². The van der Waals surface area contributed by atoms with Crippen LogP contribution >= 0.6 is 0 Å². The first kappa shape index (κ1) is 22.7. The second-order valence-electron chi connectivity index (χ2n) is 8.86. The lowest BCUT2D eigenvalue weighted by Gasteiger charge is -2.26. The summed E-state index contributed by atoms with van der Waals surface area (Å²) in [6.07, 6.45) is 0.873. The average molecular weight is 470 g/mol. The molecular formula is C29H27NO5. The van der Waals surface area contributed by atoms with Gasteiger partial charge >= 0.3 is 0 Å². The number of nitrogens with zero attached hydrogens (tertiary/aromatic N) is 1. The topological polar surface area (TPSA) is 80.0 Å². The summed E-state index contributed by atoms with van der Waals surface area (Å²) in [6.45, 7) is 8.15. The van der Waals surface area contributed by atoms with Crippen LogP contribution < -0.4 is 15.1 Å². The summed E-state index contributed by atoms with van der Waals surface area (Å²) in [5.41, 5.74) is 4.85. The van der Waals surface area contributed by atoms with Gasteiger partial charge in [-0.3, -0.25) is 14.5 Å². The number of carbonyl (C=O) groups excluding carboxylic acids is 1. The molecule has 0 fully saturated rings. The number of phenols is 1. The van der Waals surface area contributed by atoms with Gasteiger partial charge in [0, 0.05) is 5.69 Å². The molecule has 1 unspecified atom stereocenters. The van der Waals surface area contributed by atoms with Crippen LogP contribution in [0.4, 0.5) is 5.69 Å². The number of aromatic hydroxyl groups is 1. The number of hydrogen-bond acceptors (Lipinski definition) is 5. The summed E-state index contributed by atoms with van der Waals surface area (Å²) in [6, 6.07) is 15.5. The zero-order valence-corrected chi connectivity index (χ0v) is 20.2. The molecule has 178 valence electrons. The fourth-order valence-electron chi connectivity index (χ4n) is 4.67. The normalized spacial score (nSPS) is 15.0. The summed E-state index contributed by atoms with van der Waals surface area (Å²) >= 11 is 0. The van der Waals surface area contributed by atoms with Crippen LogP contribution in [0.15, 0.2) is 63.8 Å². The molecule has 1 aliphatic rings. The van der Waals surface area contributed by atoms with Crippen molar-refractivity contribution in [2.24, 2.45) is 0 Å². The van der Waals surface area contributed by atoms with Gasteiger partial charge in [0.1, 0.15) is 5.58 Å². The van der Waals surface area contributed by atoms with Gasteiger partial charge in [-0.1, -0.05) is 25.1 Å². The highest BCUT2D eigenvalue weighted by Crippen LogP contribution is 2.43. The highest BCUT2D eigenvalue weighted by atomic mass is 16.5. The fourth-order valence-corrected chi connectivity index (χ4v) is 4.67. The van der Waals surface area contributed by atoms with Crippen LogP contribution in [0.5, 0.6) is 11.5 Å². The Hall–Kier alpha value is -4.06. The molecule has 0 saturated heterocycles. The van der Waals surface area contributed by atoms with Crippen LogP contribution in [-0.2, 0) is 6.42 Å². The Morgan fingerprint density at radius 3 is 2.37 bits per heavy atom. The molecule has 2 heterocycles. The highest BCUT2D eigenvalue weighted by Gasteiger charge is 2.44. The maximum atomic E-state index is 13.8. The minimum absolute atomic E-state index is 0.00404. The lowest BCUT2D eigenvalue weighted by atomic mass is 9.96. The lowest BCUT2D eigenvalue weighted by Crippen LogP contribution is -2.29. The van der Waals surface area contributed by atoms with Gasteiger partial charge in [0.15, 0.2) is 16.9 Å². The Morgan fingerprint density at radius 1 is 0.971 bits per heavy atom. The summed E-state index contributed by atoms with van der Waals surface area (Å²) in [7, 11) is 0. The molecule has 0 bridgehead atoms. The first-order valence-electron chi connectivity index (χ1n) is 11.8. The Morgan fingerprint density at radius 2 is 1.69 bits per heavy atom. The predicted octanol–water partition coefficient (Wildman–Crippen LogP) is 5.83. The molecule has 6 heteroatoms. The molecule has 1 N–H and O–H groups in total. The smallest absolute Gasteiger partial charge is 0.295 e. The minimum atomic E-state index is -0.730. The first-order valence-corrected chi connectivity index (χ1v) is 11.8. The zero-order chi connectivity index (χ0) is 24.9. The number of amides is 1. The summed E-state index contributed by atoms with van der Waals surface area (Å²) < 4.78 is 11.7. The molecule has 1 atom stereocenters. The number of ether oxygens (including phenoxy) is 1. The number of rotatable bonds is 5. The molecule has 3 aromatic carbocycles. The van der Waals surface area contributed by atoms with Crippen molar-refractivity contribution in [3.63, 3.8) is 0 Å². The third-order valence-corrected chi connectivity index (χ3v) is 6.71. The number of aryl methyl sites for hydroxylation is 3. The van der Waals surface area contributed by atoms with Crippen molar-refractivity contribution < 1.29 is 19.1 Å². The molecule has 6 nitrogen and oxygen atoms in total. The molecule has 0 aliphatic carbocycles. The van der Waals surface area contributed by atoms with Crippen molar-refractivity contribution in [1.82, 2.24) is 0 Å². The predicted molar refractivity (Wildman–Crippen MR) is 136 cm³/mol. The first-order chi connectivity index (χ1) is 16.8. The van der Waals surface area contributed by atoms with E-state index in [1.165, 1.54) is 6.07 Å². The monoisotopic (exact) mass is 469 g/mol. The molecule has 0 radical (unpaired) electrons. The number of anilines is 1. The van der Waals surface area contributed by atoms with Crippen LogP contribution in [0.25, 0.3) is 11.0 Å². The van der Waals surface area contributed by atoms with E-state index in [-0.39, 0.29) is 22.8 Å². The van der Waals surface area contributed by atoms with Gasteiger partial charge in [-0.2, -0.15) is 0 Å². The SMILES string of the molecule is CCOc1cc(C2c3c(oc4cc(C)c(C)cc4c3=O)C(=O)N2c2ccc(CC)cc2)ccc1O. The molecule has 0 spiro atoms. The minimum Gasteiger partial charge on any atom is -0.504 e. The van der Waals surface area contributed by atoms with Crippen LogP contribution in [0.2, 0.25) is 0 Å². The summed E-state index contributed by atoms with van der Waals surface area (Å²) in [4.78, 5) is 29.2. The standard InChI is InChI=1S/C29H27NO5/c1-5-18-7-10-20(11-8-18)30-26(19-9-12-22(31)24(15-19)34-6-2)25-27(32)21-13-16(3)17(4)14-23(21)35-28(25)29(30)33/h7-15,26,31H,5-6H2,1-4H3. The van der Waals surface area contributed by atoms with E-state index < -0.39 is 6.04 Å². The number of phenolic OH excluding ortho intramolecular Hbond substituents is 1. The van der Waals surface area contributed by atoms with E-state index in [1.807, 2.05) is 51.1 Å². The average Bonchev–Trinajstić information content (AvgIpc) is 3.14. The molecule has 35 heavy (non-hydrogen) atoms. The van der Waals surface area contributed by atoms with Crippen molar-refractivity contribution in [1.29, 1.82) is 0 Å². The third-order valence-electron chi connectivity index (χ3n) is 6.71. The lowest BCUT2D eigenvalue weighted by molar-refractivity contribution is 0.0971. The molecule has 5 rings (SSSR count). The molecule has 1 aromatic heterocycles. The Labute approximate surface area is 203 Å². The summed E-state index contributed by atoms with van der Waals surface area (Å²) in [5, 5.41) is 10.7. The van der Waals surface area contributed by atoms with E-state index in [4.69, 9.17) is 9.15 Å². The van der Waals surface area contributed by atoms with Crippen LogP contribution in [0.1, 0.15) is 58.3 Å². The number of carbonyl (C=O) groups is 1. The third kappa shape index (κ3) is 3.66. The van der Waals surface area contributed by atoms with E-state index in [0.717, 1.165) is 23.1 Å². The molecule has 1 amide bonds. The van der Waals surface area contributed by atoms with Crippen LogP contribution in [0, 0.1) is 13.8 Å². The Kier molecular flexibility index (Phi) is 5.59. The van der Waals surface area contributed by atoms with E-state index in [1.54, 1.807) is 23.1 Å². The van der Waals surface area contributed by atoms with Crippen LogP contribution in [-0.4, -0.2) is 17.6 Å². The van der Waals surface area contributed by atoms with Crippen molar-refractivity contribution in [2.45, 2.75) is 40.2 Å². The molecular weight excluding hydrogens is 442 g/mol. The van der Waals surface area contributed by atoms with Gasteiger partial charge in [-0.25, -0.2) is 0 Å². The van der Waals surface area contributed by atoms with Gasteiger partial charge in [0.05, 0.1) is 23.6 Å². The number of fused-ring (bicyclic) bond motifs is 2. The van der Waals surface area contributed by atoms with Crippen molar-refractivity contribution >= 4 is 22.6 Å². The van der Waals surface area contributed by atoms with Gasteiger partial charge in [0.2, 0.25) is 5.76 Å². The van der Waals surface area contributed by atoms with Gasteiger partial charge in [0.25, 0.3) is 5.91 Å². The summed E-state index contributed by atoms with van der Waals surface area (Å²) in [5.74, 6) is -0.0432. The zero-order valence-electron chi connectivity index (χ0n) is 20.2.